The van der Waals surface area contributed by atoms with Gasteiger partial charge < -0.3 is 9.84 Å². The van der Waals surface area contributed by atoms with Crippen molar-refractivity contribution in [2.75, 3.05) is 13.2 Å². The first-order valence-electron chi connectivity index (χ1n) is 8.36. The predicted octanol–water partition coefficient (Wildman–Crippen LogP) is 3.40. The lowest BCUT2D eigenvalue weighted by Crippen LogP contribution is -2.36. The first-order valence-corrected chi connectivity index (χ1v) is 8.36. The Morgan fingerprint density at radius 1 is 1.09 bits per heavy atom. The van der Waals surface area contributed by atoms with Crippen LogP contribution in [0.5, 0.6) is 5.75 Å². The van der Waals surface area contributed by atoms with Crippen LogP contribution in [-0.4, -0.2) is 35.3 Å². The summed E-state index contributed by atoms with van der Waals surface area (Å²) in [5.74, 6) is 0.808. The highest BCUT2D eigenvalue weighted by atomic mass is 16.5. The summed E-state index contributed by atoms with van der Waals surface area (Å²) in [7, 11) is 0. The SMILES string of the molecule is Cc1ccc(CN(C[C@H](O)COc2ccccc2)C2CC2)cc1. The van der Waals surface area contributed by atoms with Gasteiger partial charge in [-0.05, 0) is 37.5 Å². The Balaban J connectivity index is 1.51. The zero-order valence-electron chi connectivity index (χ0n) is 13.7. The molecule has 122 valence electrons. The van der Waals surface area contributed by atoms with Crippen molar-refractivity contribution in [1.82, 2.24) is 4.90 Å². The number of aryl methyl sites for hydroxylation is 1. The van der Waals surface area contributed by atoms with E-state index in [0.717, 1.165) is 12.3 Å². The maximum Gasteiger partial charge on any atom is 0.119 e. The molecule has 0 amide bonds. The van der Waals surface area contributed by atoms with E-state index in [2.05, 4.69) is 36.1 Å². The Bertz CT molecular complexity index is 593. The van der Waals surface area contributed by atoms with Crippen molar-refractivity contribution in [3.63, 3.8) is 0 Å². The maximum absolute atomic E-state index is 10.3. The Morgan fingerprint density at radius 2 is 1.78 bits per heavy atom. The summed E-state index contributed by atoms with van der Waals surface area (Å²) in [5, 5.41) is 10.3. The predicted molar refractivity (Wildman–Crippen MR) is 92.6 cm³/mol. The van der Waals surface area contributed by atoms with E-state index in [1.165, 1.54) is 24.0 Å². The van der Waals surface area contributed by atoms with Gasteiger partial charge in [0.2, 0.25) is 0 Å². The molecule has 0 radical (unpaired) electrons. The molecule has 1 N–H and O–H groups in total. The average molecular weight is 311 g/mol. The van der Waals surface area contributed by atoms with Crippen LogP contribution in [0.25, 0.3) is 0 Å². The van der Waals surface area contributed by atoms with Gasteiger partial charge in [-0.3, -0.25) is 4.90 Å². The zero-order chi connectivity index (χ0) is 16.1. The molecule has 1 fully saturated rings. The van der Waals surface area contributed by atoms with Crippen LogP contribution in [0.4, 0.5) is 0 Å². The normalized spacial score (nSPS) is 15.6. The van der Waals surface area contributed by atoms with Gasteiger partial charge in [-0.25, -0.2) is 0 Å². The third-order valence-corrected chi connectivity index (χ3v) is 4.20. The van der Waals surface area contributed by atoms with Crippen LogP contribution in [0, 0.1) is 6.92 Å². The quantitative estimate of drug-likeness (QED) is 0.811. The highest BCUT2D eigenvalue weighted by Gasteiger charge is 2.30. The number of hydrogen-bond acceptors (Lipinski definition) is 3. The van der Waals surface area contributed by atoms with E-state index in [1.807, 2.05) is 30.3 Å². The zero-order valence-corrected chi connectivity index (χ0v) is 13.7. The van der Waals surface area contributed by atoms with Crippen molar-refractivity contribution >= 4 is 0 Å². The summed E-state index contributed by atoms with van der Waals surface area (Å²) < 4.78 is 5.66. The van der Waals surface area contributed by atoms with Crippen LogP contribution in [0.3, 0.4) is 0 Å². The third kappa shape index (κ3) is 5.08. The van der Waals surface area contributed by atoms with E-state index < -0.39 is 6.10 Å². The number of nitrogens with zero attached hydrogens (tertiary/aromatic N) is 1. The van der Waals surface area contributed by atoms with Gasteiger partial charge in [0.05, 0.1) is 0 Å². The molecule has 0 saturated heterocycles. The molecule has 3 rings (SSSR count). The number of rotatable bonds is 8. The minimum Gasteiger partial charge on any atom is -0.491 e. The Kier molecular flexibility index (Phi) is 5.31. The molecule has 23 heavy (non-hydrogen) atoms. The molecule has 0 heterocycles. The van der Waals surface area contributed by atoms with E-state index in [4.69, 9.17) is 4.74 Å². The van der Waals surface area contributed by atoms with Gasteiger partial charge in [-0.2, -0.15) is 0 Å². The number of hydrogen-bond donors (Lipinski definition) is 1. The van der Waals surface area contributed by atoms with Crippen LogP contribution in [-0.2, 0) is 6.54 Å². The topological polar surface area (TPSA) is 32.7 Å². The molecule has 3 nitrogen and oxygen atoms in total. The monoisotopic (exact) mass is 311 g/mol. The molecule has 0 aromatic heterocycles. The second kappa shape index (κ2) is 7.62. The minimum atomic E-state index is -0.471. The first kappa shape index (κ1) is 16.0. The molecule has 1 aliphatic carbocycles. The summed E-state index contributed by atoms with van der Waals surface area (Å²) >= 11 is 0. The standard InChI is InChI=1S/C20H25NO2/c1-16-7-9-17(10-8-16)13-21(18-11-12-18)14-19(22)15-23-20-5-3-2-4-6-20/h2-10,18-19,22H,11-15H2,1H3/t19-/m0/s1. The fourth-order valence-corrected chi connectivity index (χ4v) is 2.74. The lowest BCUT2D eigenvalue weighted by atomic mass is 10.1. The fourth-order valence-electron chi connectivity index (χ4n) is 2.74. The Labute approximate surface area is 138 Å². The first-order chi connectivity index (χ1) is 11.2. The molecule has 2 aromatic carbocycles. The molecular formula is C20H25NO2. The number of aliphatic hydroxyl groups is 1. The van der Waals surface area contributed by atoms with Gasteiger partial charge in [0.25, 0.3) is 0 Å². The van der Waals surface area contributed by atoms with Crippen LogP contribution in [0.2, 0.25) is 0 Å². The summed E-state index contributed by atoms with van der Waals surface area (Å²) in [6, 6.07) is 18.9. The van der Waals surface area contributed by atoms with Gasteiger partial charge in [-0.15, -0.1) is 0 Å². The number of aliphatic hydroxyl groups excluding tert-OH is 1. The van der Waals surface area contributed by atoms with Crippen LogP contribution in [0.1, 0.15) is 24.0 Å². The highest BCUT2D eigenvalue weighted by molar-refractivity contribution is 5.22. The lowest BCUT2D eigenvalue weighted by Gasteiger charge is -2.25. The second-order valence-electron chi connectivity index (χ2n) is 6.42. The summed E-state index contributed by atoms with van der Waals surface area (Å²) in [5.41, 5.74) is 2.58. The lowest BCUT2D eigenvalue weighted by molar-refractivity contribution is 0.0626. The molecular weight excluding hydrogens is 286 g/mol. The Hall–Kier alpha value is -1.84. The average Bonchev–Trinajstić information content (AvgIpc) is 3.40. The van der Waals surface area contributed by atoms with Crippen molar-refractivity contribution in [1.29, 1.82) is 0 Å². The van der Waals surface area contributed by atoms with Crippen LogP contribution in [0.15, 0.2) is 54.6 Å². The maximum atomic E-state index is 10.3. The van der Waals surface area contributed by atoms with Crippen molar-refractivity contribution < 1.29 is 9.84 Å². The molecule has 2 aromatic rings. The molecule has 1 aliphatic rings. The highest BCUT2D eigenvalue weighted by Crippen LogP contribution is 2.28. The van der Waals surface area contributed by atoms with Gasteiger partial charge >= 0.3 is 0 Å². The van der Waals surface area contributed by atoms with Crippen LogP contribution < -0.4 is 4.74 Å². The van der Waals surface area contributed by atoms with Gasteiger partial charge in [0.1, 0.15) is 18.5 Å². The van der Waals surface area contributed by atoms with Crippen molar-refractivity contribution in [2.45, 2.75) is 38.5 Å². The largest absolute Gasteiger partial charge is 0.491 e. The third-order valence-electron chi connectivity index (χ3n) is 4.20. The molecule has 0 bridgehead atoms. The number of benzene rings is 2. The van der Waals surface area contributed by atoms with E-state index in [9.17, 15) is 5.11 Å². The number of ether oxygens (including phenoxy) is 1. The van der Waals surface area contributed by atoms with E-state index in [-0.39, 0.29) is 0 Å². The van der Waals surface area contributed by atoms with Crippen LogP contribution >= 0.6 is 0 Å². The fraction of sp³-hybridized carbons (Fsp3) is 0.400. The van der Waals surface area contributed by atoms with Crippen molar-refractivity contribution in [3.8, 4) is 5.75 Å². The van der Waals surface area contributed by atoms with Crippen molar-refractivity contribution in [2.24, 2.45) is 0 Å². The summed E-state index contributed by atoms with van der Waals surface area (Å²) in [6.45, 7) is 3.99. The molecule has 1 atom stereocenters. The molecule has 0 aliphatic heterocycles. The molecule has 1 saturated carbocycles. The molecule has 0 spiro atoms. The van der Waals surface area contributed by atoms with Gasteiger partial charge in [0, 0.05) is 19.1 Å². The second-order valence-corrected chi connectivity index (χ2v) is 6.42. The van der Waals surface area contributed by atoms with Gasteiger partial charge in [0.15, 0.2) is 0 Å². The molecule has 3 heteroatoms. The van der Waals surface area contributed by atoms with E-state index >= 15 is 0 Å². The minimum absolute atomic E-state index is 0.334. The summed E-state index contributed by atoms with van der Waals surface area (Å²) in [4.78, 5) is 2.38. The summed E-state index contributed by atoms with van der Waals surface area (Å²) in [6.07, 6.45) is 2.00. The smallest absolute Gasteiger partial charge is 0.119 e. The number of para-hydroxylation sites is 1. The Morgan fingerprint density at radius 3 is 2.43 bits per heavy atom. The van der Waals surface area contributed by atoms with E-state index in [0.29, 0.717) is 19.2 Å². The molecule has 0 unspecified atom stereocenters. The van der Waals surface area contributed by atoms with Crippen molar-refractivity contribution in [3.05, 3.63) is 65.7 Å². The van der Waals surface area contributed by atoms with E-state index in [1.54, 1.807) is 0 Å². The van der Waals surface area contributed by atoms with Gasteiger partial charge in [-0.1, -0.05) is 48.0 Å².